The summed E-state index contributed by atoms with van der Waals surface area (Å²) in [6.45, 7) is 6.08. The summed E-state index contributed by atoms with van der Waals surface area (Å²) < 4.78 is 1.93. The van der Waals surface area contributed by atoms with Gasteiger partial charge in [-0.2, -0.15) is 5.26 Å². The second kappa shape index (κ2) is 15.5. The predicted octanol–water partition coefficient (Wildman–Crippen LogP) is 4.61. The molecule has 0 saturated carbocycles. The van der Waals surface area contributed by atoms with Crippen LogP contribution in [-0.2, 0) is 33.9 Å². The van der Waals surface area contributed by atoms with Gasteiger partial charge < -0.3 is 19.9 Å². The molecule has 1 aromatic heterocycles. The second-order valence-electron chi connectivity index (χ2n) is 12.4. The summed E-state index contributed by atoms with van der Waals surface area (Å²) in [5.74, 6) is -1.21. The van der Waals surface area contributed by atoms with Gasteiger partial charge in [-0.3, -0.25) is 14.5 Å². The van der Waals surface area contributed by atoms with E-state index in [4.69, 9.17) is 5.26 Å². The molecule has 4 aromatic rings. The molecule has 1 aliphatic rings. The van der Waals surface area contributed by atoms with Gasteiger partial charge in [0.2, 0.25) is 11.8 Å². The largest absolute Gasteiger partial charge is 0.480 e. The van der Waals surface area contributed by atoms with Crippen LogP contribution in [0.2, 0.25) is 0 Å². The van der Waals surface area contributed by atoms with Gasteiger partial charge >= 0.3 is 5.97 Å². The van der Waals surface area contributed by atoms with Crippen LogP contribution in [0.25, 0.3) is 10.8 Å². The van der Waals surface area contributed by atoms with Crippen molar-refractivity contribution in [3.63, 3.8) is 0 Å². The zero-order valence-corrected chi connectivity index (χ0v) is 27.0. The van der Waals surface area contributed by atoms with Crippen LogP contribution in [0.3, 0.4) is 0 Å². The van der Waals surface area contributed by atoms with E-state index in [9.17, 15) is 19.5 Å². The first-order chi connectivity index (χ1) is 22.7. The number of likely N-dealkylation sites (tertiary alicyclic amines) is 1. The number of carbonyl (C=O) groups excluding carboxylic acids is 2. The number of amides is 2. The molecule has 10 heteroatoms. The molecule has 1 fully saturated rings. The van der Waals surface area contributed by atoms with Crippen molar-refractivity contribution in [2.24, 2.45) is 5.92 Å². The minimum Gasteiger partial charge on any atom is -0.480 e. The Bertz CT molecular complexity index is 1740. The number of aromatic nitrogens is 2. The number of rotatable bonds is 14. The van der Waals surface area contributed by atoms with E-state index >= 15 is 0 Å². The molecule has 3 atom stereocenters. The number of imidazole rings is 1. The van der Waals surface area contributed by atoms with Gasteiger partial charge in [-0.05, 0) is 52.8 Å². The number of fused-ring (bicyclic) bond motifs is 1. The molecule has 47 heavy (non-hydrogen) atoms. The van der Waals surface area contributed by atoms with Gasteiger partial charge in [-0.25, -0.2) is 9.78 Å². The number of benzene rings is 3. The first kappa shape index (κ1) is 33.4. The molecule has 3 unspecified atom stereocenters. The molecule has 10 nitrogen and oxygen atoms in total. The molecule has 0 aliphatic carbocycles. The van der Waals surface area contributed by atoms with E-state index in [0.29, 0.717) is 44.6 Å². The Kier molecular flexibility index (Phi) is 11.0. The van der Waals surface area contributed by atoms with Crippen LogP contribution in [0.15, 0.2) is 79.3 Å². The van der Waals surface area contributed by atoms with Gasteiger partial charge in [0, 0.05) is 44.1 Å². The Morgan fingerprint density at radius 2 is 1.87 bits per heavy atom. The second-order valence-corrected chi connectivity index (χ2v) is 12.4. The maximum atomic E-state index is 13.6. The lowest BCUT2D eigenvalue weighted by atomic mass is 9.97. The minimum atomic E-state index is -0.973. The summed E-state index contributed by atoms with van der Waals surface area (Å²) >= 11 is 0. The SMILES string of the molecule is CCC(C)C(CN(CC(=O)N1CCCC1C(=O)O)Cc1cccc2ccccc12)NC(=O)Cc1cncn1Cc1ccc(C#N)cc1. The van der Waals surface area contributed by atoms with Crippen molar-refractivity contribution < 1.29 is 19.5 Å². The Labute approximate surface area is 275 Å². The van der Waals surface area contributed by atoms with E-state index < -0.39 is 12.0 Å². The Morgan fingerprint density at radius 1 is 1.11 bits per heavy atom. The number of hydrogen-bond donors (Lipinski definition) is 2. The predicted molar refractivity (Wildman–Crippen MR) is 179 cm³/mol. The topological polar surface area (TPSA) is 132 Å². The number of carboxylic acid groups (broad SMARTS) is 1. The third-order valence-electron chi connectivity index (χ3n) is 9.20. The summed E-state index contributed by atoms with van der Waals surface area (Å²) in [5.41, 5.74) is 3.42. The first-order valence-electron chi connectivity index (χ1n) is 16.2. The molecule has 0 spiro atoms. The fraction of sp³-hybridized carbons (Fsp3) is 0.378. The number of hydrogen-bond acceptors (Lipinski definition) is 6. The Balaban J connectivity index is 1.33. The van der Waals surface area contributed by atoms with Crippen LogP contribution in [-0.4, -0.2) is 74.0 Å². The van der Waals surface area contributed by atoms with Crippen molar-refractivity contribution in [2.45, 2.75) is 64.7 Å². The quantitative estimate of drug-likeness (QED) is 0.207. The minimum absolute atomic E-state index is 0.0488. The molecule has 1 saturated heterocycles. The third kappa shape index (κ3) is 8.43. The average Bonchev–Trinajstić information content (AvgIpc) is 3.75. The molecule has 5 rings (SSSR count). The Morgan fingerprint density at radius 3 is 2.62 bits per heavy atom. The molecule has 2 amide bonds. The highest BCUT2D eigenvalue weighted by Gasteiger charge is 2.35. The lowest BCUT2D eigenvalue weighted by Gasteiger charge is -2.33. The molecule has 0 bridgehead atoms. The number of nitrogens with one attached hydrogen (secondary N) is 1. The van der Waals surface area contributed by atoms with Crippen LogP contribution >= 0.6 is 0 Å². The highest BCUT2D eigenvalue weighted by Crippen LogP contribution is 2.23. The van der Waals surface area contributed by atoms with Crippen molar-refractivity contribution in [1.82, 2.24) is 24.7 Å². The lowest BCUT2D eigenvalue weighted by molar-refractivity contribution is -0.148. The van der Waals surface area contributed by atoms with Gasteiger partial charge in [0.15, 0.2) is 0 Å². The van der Waals surface area contributed by atoms with E-state index in [1.807, 2.05) is 39.8 Å². The molecule has 2 heterocycles. The summed E-state index contributed by atoms with van der Waals surface area (Å²) in [6, 6.07) is 22.7. The van der Waals surface area contributed by atoms with Gasteiger partial charge in [0.05, 0.1) is 30.9 Å². The van der Waals surface area contributed by atoms with E-state index in [1.165, 1.54) is 4.90 Å². The van der Waals surface area contributed by atoms with Crippen molar-refractivity contribution in [3.05, 3.63) is 102 Å². The highest BCUT2D eigenvalue weighted by atomic mass is 16.4. The van der Waals surface area contributed by atoms with Crippen molar-refractivity contribution in [1.29, 1.82) is 5.26 Å². The van der Waals surface area contributed by atoms with E-state index in [-0.39, 0.29) is 36.7 Å². The zero-order valence-electron chi connectivity index (χ0n) is 27.0. The number of aliphatic carboxylic acids is 1. The maximum Gasteiger partial charge on any atom is 0.326 e. The molecular weight excluding hydrogens is 592 g/mol. The Hall–Kier alpha value is -5.01. The van der Waals surface area contributed by atoms with Crippen molar-refractivity contribution in [2.75, 3.05) is 19.6 Å². The van der Waals surface area contributed by atoms with Crippen LogP contribution in [0.5, 0.6) is 0 Å². The summed E-state index contributed by atoms with van der Waals surface area (Å²) in [6.07, 6.45) is 5.48. The summed E-state index contributed by atoms with van der Waals surface area (Å²) in [5, 5.41) is 24.3. The van der Waals surface area contributed by atoms with Gasteiger partial charge in [0.25, 0.3) is 0 Å². The molecule has 244 valence electrons. The van der Waals surface area contributed by atoms with Crippen molar-refractivity contribution >= 4 is 28.6 Å². The summed E-state index contributed by atoms with van der Waals surface area (Å²) in [4.78, 5) is 46.9. The van der Waals surface area contributed by atoms with Crippen LogP contribution < -0.4 is 5.32 Å². The smallest absolute Gasteiger partial charge is 0.326 e. The van der Waals surface area contributed by atoms with Gasteiger partial charge in [0.1, 0.15) is 6.04 Å². The fourth-order valence-electron chi connectivity index (χ4n) is 6.33. The molecule has 1 aliphatic heterocycles. The van der Waals surface area contributed by atoms with Crippen molar-refractivity contribution in [3.8, 4) is 6.07 Å². The number of carbonyl (C=O) groups is 3. The zero-order chi connectivity index (χ0) is 33.3. The normalized spacial score (nSPS) is 15.8. The number of nitriles is 1. The maximum absolute atomic E-state index is 13.6. The monoisotopic (exact) mass is 634 g/mol. The fourth-order valence-corrected chi connectivity index (χ4v) is 6.33. The summed E-state index contributed by atoms with van der Waals surface area (Å²) in [7, 11) is 0. The standard InChI is InChI=1S/C37H42N6O4/c1-3-26(2)33(40-35(44)18-31-20-39-25-42(31)21-28-15-13-27(19-38)14-16-28)23-41(24-36(45)43-17-7-12-34(43)37(46)47)22-30-10-6-9-29-8-4-5-11-32(29)30/h4-6,8-11,13-16,20,25-26,33-34H,3,7,12,17-18,21-24H2,1-2H3,(H,40,44)(H,46,47). The molecular formula is C37H42N6O4. The molecule has 0 radical (unpaired) electrons. The highest BCUT2D eigenvalue weighted by molar-refractivity contribution is 5.87. The molecule has 2 N–H and O–H groups in total. The van der Waals surface area contributed by atoms with Gasteiger partial charge in [-0.15, -0.1) is 0 Å². The molecule has 3 aromatic carbocycles. The lowest BCUT2D eigenvalue weighted by Crippen LogP contribution is -2.51. The van der Waals surface area contributed by atoms with E-state index in [1.54, 1.807) is 24.7 Å². The number of carboxylic acids is 1. The van der Waals surface area contributed by atoms with E-state index in [2.05, 4.69) is 54.5 Å². The first-order valence-corrected chi connectivity index (χ1v) is 16.2. The van der Waals surface area contributed by atoms with E-state index in [0.717, 1.165) is 34.0 Å². The van der Waals surface area contributed by atoms with Crippen LogP contribution in [0.1, 0.15) is 55.5 Å². The van der Waals surface area contributed by atoms with Crippen LogP contribution in [0.4, 0.5) is 0 Å². The van der Waals surface area contributed by atoms with Gasteiger partial charge in [-0.1, -0.05) is 74.9 Å². The van der Waals surface area contributed by atoms with Crippen LogP contribution in [0, 0.1) is 17.2 Å². The average molecular weight is 635 g/mol. The third-order valence-corrected chi connectivity index (χ3v) is 9.20. The number of nitrogens with zero attached hydrogens (tertiary/aromatic N) is 5.